The molecule has 1 rings (SSSR count). The van der Waals surface area contributed by atoms with Crippen molar-refractivity contribution in [2.24, 2.45) is 23.7 Å². The van der Waals surface area contributed by atoms with E-state index in [2.05, 4.69) is 33.0 Å². The quantitative estimate of drug-likeness (QED) is 0.691. The summed E-state index contributed by atoms with van der Waals surface area (Å²) in [4.78, 5) is 0. The molecule has 0 bridgehead atoms. The summed E-state index contributed by atoms with van der Waals surface area (Å²) in [6, 6.07) is 0. The van der Waals surface area contributed by atoms with Crippen LogP contribution in [0, 0.1) is 23.7 Å². The predicted molar refractivity (Wildman–Crippen MR) is 77.2 cm³/mol. The van der Waals surface area contributed by atoms with Crippen LogP contribution in [0.25, 0.3) is 0 Å². The van der Waals surface area contributed by atoms with Gasteiger partial charge in [0.15, 0.2) is 0 Å². The second-order valence-electron chi connectivity index (χ2n) is 6.57. The van der Waals surface area contributed by atoms with Gasteiger partial charge in [-0.15, -0.1) is 0 Å². The third-order valence-corrected chi connectivity index (χ3v) is 4.41. The Labute approximate surface area is 109 Å². The zero-order chi connectivity index (χ0) is 12.7. The van der Waals surface area contributed by atoms with Crippen LogP contribution in [0.15, 0.2) is 0 Å². The molecule has 102 valence electrons. The molecule has 3 atom stereocenters. The minimum absolute atomic E-state index is 0.878. The highest BCUT2D eigenvalue weighted by Gasteiger charge is 2.27. The number of hydrogen-bond donors (Lipinski definition) is 1. The average molecular weight is 239 g/mol. The van der Waals surface area contributed by atoms with Crippen molar-refractivity contribution in [2.75, 3.05) is 13.1 Å². The SMILES string of the molecule is CCNCC1CCC(C)CC1CCCC(C)C. The van der Waals surface area contributed by atoms with Crippen molar-refractivity contribution < 1.29 is 0 Å². The first kappa shape index (κ1) is 15.0. The van der Waals surface area contributed by atoms with Gasteiger partial charge in [-0.25, -0.2) is 0 Å². The molecule has 0 radical (unpaired) electrons. The maximum atomic E-state index is 3.56. The largest absolute Gasteiger partial charge is 0.317 e. The molecule has 17 heavy (non-hydrogen) atoms. The van der Waals surface area contributed by atoms with Crippen LogP contribution in [-0.4, -0.2) is 13.1 Å². The molecule has 1 nitrogen and oxygen atoms in total. The highest BCUT2D eigenvalue weighted by Crippen LogP contribution is 2.36. The van der Waals surface area contributed by atoms with E-state index in [1.54, 1.807) is 0 Å². The van der Waals surface area contributed by atoms with E-state index >= 15 is 0 Å². The minimum Gasteiger partial charge on any atom is -0.317 e. The first-order valence-electron chi connectivity index (χ1n) is 7.84. The van der Waals surface area contributed by atoms with Crippen LogP contribution in [0.5, 0.6) is 0 Å². The lowest BCUT2D eigenvalue weighted by molar-refractivity contribution is 0.170. The Morgan fingerprint density at radius 3 is 2.59 bits per heavy atom. The Hall–Kier alpha value is -0.0400. The summed E-state index contributed by atoms with van der Waals surface area (Å²) in [5, 5.41) is 3.56. The predicted octanol–water partition coefficient (Wildman–Crippen LogP) is 4.47. The molecule has 1 heteroatoms. The molecule has 1 fully saturated rings. The van der Waals surface area contributed by atoms with Gasteiger partial charge in [-0.05, 0) is 49.6 Å². The van der Waals surface area contributed by atoms with Crippen molar-refractivity contribution in [1.29, 1.82) is 0 Å². The summed E-state index contributed by atoms with van der Waals surface area (Å²) in [5.41, 5.74) is 0. The molecule has 0 aromatic heterocycles. The zero-order valence-electron chi connectivity index (χ0n) is 12.5. The first-order valence-corrected chi connectivity index (χ1v) is 7.84. The summed E-state index contributed by atoms with van der Waals surface area (Å²) < 4.78 is 0. The molecule has 1 aliphatic rings. The van der Waals surface area contributed by atoms with Crippen LogP contribution < -0.4 is 5.32 Å². The van der Waals surface area contributed by atoms with Gasteiger partial charge in [0.25, 0.3) is 0 Å². The van der Waals surface area contributed by atoms with Gasteiger partial charge >= 0.3 is 0 Å². The van der Waals surface area contributed by atoms with E-state index in [-0.39, 0.29) is 0 Å². The Balaban J connectivity index is 2.32. The summed E-state index contributed by atoms with van der Waals surface area (Å²) in [6.45, 7) is 11.7. The van der Waals surface area contributed by atoms with Crippen LogP contribution in [-0.2, 0) is 0 Å². The third kappa shape index (κ3) is 5.90. The number of rotatable bonds is 7. The molecule has 1 saturated carbocycles. The van der Waals surface area contributed by atoms with Crippen LogP contribution in [0.3, 0.4) is 0 Å². The maximum absolute atomic E-state index is 3.56. The summed E-state index contributed by atoms with van der Waals surface area (Å²) >= 11 is 0. The lowest BCUT2D eigenvalue weighted by Gasteiger charge is -2.35. The lowest BCUT2D eigenvalue weighted by atomic mass is 9.72. The molecule has 0 saturated heterocycles. The second-order valence-corrected chi connectivity index (χ2v) is 6.57. The van der Waals surface area contributed by atoms with E-state index in [4.69, 9.17) is 0 Å². The standard InChI is InChI=1S/C16H33N/c1-5-17-12-16-10-9-14(4)11-15(16)8-6-7-13(2)3/h13-17H,5-12H2,1-4H3. The summed E-state index contributed by atoms with van der Waals surface area (Å²) in [6.07, 6.45) is 8.72. The molecule has 3 unspecified atom stereocenters. The molecule has 0 aromatic rings. The van der Waals surface area contributed by atoms with Gasteiger partial charge in [-0.2, -0.15) is 0 Å². The molecule has 1 aliphatic carbocycles. The van der Waals surface area contributed by atoms with Gasteiger partial charge in [0, 0.05) is 0 Å². The normalized spacial score (nSPS) is 29.8. The van der Waals surface area contributed by atoms with Crippen molar-refractivity contribution in [2.45, 2.75) is 66.2 Å². The van der Waals surface area contributed by atoms with E-state index in [1.807, 2.05) is 0 Å². The average Bonchev–Trinajstić information content (AvgIpc) is 2.27. The van der Waals surface area contributed by atoms with Gasteiger partial charge in [0.1, 0.15) is 0 Å². The molecular formula is C16H33N. The van der Waals surface area contributed by atoms with Crippen molar-refractivity contribution in [3.8, 4) is 0 Å². The number of hydrogen-bond acceptors (Lipinski definition) is 1. The van der Waals surface area contributed by atoms with Crippen LogP contribution >= 0.6 is 0 Å². The summed E-state index contributed by atoms with van der Waals surface area (Å²) in [5.74, 6) is 3.80. The minimum atomic E-state index is 0.878. The van der Waals surface area contributed by atoms with Gasteiger partial charge in [0.2, 0.25) is 0 Å². The van der Waals surface area contributed by atoms with E-state index in [0.29, 0.717) is 0 Å². The maximum Gasteiger partial charge on any atom is -0.00180 e. The fraction of sp³-hybridized carbons (Fsp3) is 1.00. The van der Waals surface area contributed by atoms with Gasteiger partial charge in [-0.3, -0.25) is 0 Å². The van der Waals surface area contributed by atoms with Gasteiger partial charge in [-0.1, -0.05) is 53.4 Å². The zero-order valence-corrected chi connectivity index (χ0v) is 12.5. The summed E-state index contributed by atoms with van der Waals surface area (Å²) in [7, 11) is 0. The molecule has 0 aliphatic heterocycles. The second kappa shape index (κ2) is 8.13. The first-order chi connectivity index (χ1) is 8.13. The van der Waals surface area contributed by atoms with Crippen LogP contribution in [0.2, 0.25) is 0 Å². The fourth-order valence-electron chi connectivity index (χ4n) is 3.30. The Morgan fingerprint density at radius 2 is 1.94 bits per heavy atom. The Bertz CT molecular complexity index is 186. The number of nitrogens with one attached hydrogen (secondary N) is 1. The highest BCUT2D eigenvalue weighted by atomic mass is 14.8. The van der Waals surface area contributed by atoms with Crippen molar-refractivity contribution in [3.05, 3.63) is 0 Å². The molecule has 0 spiro atoms. The molecule has 0 heterocycles. The van der Waals surface area contributed by atoms with Crippen molar-refractivity contribution in [3.63, 3.8) is 0 Å². The third-order valence-electron chi connectivity index (χ3n) is 4.41. The van der Waals surface area contributed by atoms with E-state index < -0.39 is 0 Å². The van der Waals surface area contributed by atoms with Crippen LogP contribution in [0.4, 0.5) is 0 Å². The molecule has 0 aromatic carbocycles. The fourth-order valence-corrected chi connectivity index (χ4v) is 3.30. The smallest absolute Gasteiger partial charge is 0.00180 e. The lowest BCUT2D eigenvalue weighted by Crippen LogP contribution is -2.32. The van der Waals surface area contributed by atoms with Crippen molar-refractivity contribution >= 4 is 0 Å². The van der Waals surface area contributed by atoms with Gasteiger partial charge in [0.05, 0.1) is 0 Å². The highest BCUT2D eigenvalue weighted by molar-refractivity contribution is 4.80. The Morgan fingerprint density at radius 1 is 1.18 bits per heavy atom. The molecule has 0 amide bonds. The van der Waals surface area contributed by atoms with E-state index in [0.717, 1.165) is 30.2 Å². The molecular weight excluding hydrogens is 206 g/mol. The topological polar surface area (TPSA) is 12.0 Å². The van der Waals surface area contributed by atoms with Crippen LogP contribution in [0.1, 0.15) is 66.2 Å². The Kier molecular flexibility index (Phi) is 7.18. The van der Waals surface area contributed by atoms with Gasteiger partial charge < -0.3 is 5.32 Å². The van der Waals surface area contributed by atoms with E-state index in [9.17, 15) is 0 Å². The van der Waals surface area contributed by atoms with Crippen molar-refractivity contribution in [1.82, 2.24) is 5.32 Å². The molecule has 1 N–H and O–H groups in total. The monoisotopic (exact) mass is 239 g/mol. The van der Waals surface area contributed by atoms with E-state index in [1.165, 1.54) is 45.1 Å².